The molecule has 0 radical (unpaired) electrons. The van der Waals surface area contributed by atoms with Crippen molar-refractivity contribution < 1.29 is 9.13 Å². The fourth-order valence-electron chi connectivity index (χ4n) is 2.85. The highest BCUT2D eigenvalue weighted by atomic mass is 14.9. The molecule has 2 aromatic carbocycles. The van der Waals surface area contributed by atoms with Crippen molar-refractivity contribution in [1.82, 2.24) is 0 Å². The Balaban J connectivity index is 1.48. The lowest BCUT2D eigenvalue weighted by molar-refractivity contribution is -0.596. The molecule has 4 aromatic rings. The van der Waals surface area contributed by atoms with E-state index in [1.54, 1.807) is 0 Å². The lowest BCUT2D eigenvalue weighted by Crippen LogP contribution is -2.28. The first kappa shape index (κ1) is 16.0. The van der Waals surface area contributed by atoms with Crippen LogP contribution in [0.25, 0.3) is 23.5 Å². The number of pyridine rings is 2. The minimum atomic E-state index is 1.16. The molecule has 26 heavy (non-hydrogen) atoms. The van der Waals surface area contributed by atoms with Crippen molar-refractivity contribution in [1.29, 1.82) is 0 Å². The average Bonchev–Trinajstić information content (AvgIpc) is 2.74. The Morgan fingerprint density at radius 3 is 1.12 bits per heavy atom. The molecular weight excluding hydrogens is 316 g/mol. The molecule has 124 valence electrons. The Kier molecular flexibility index (Phi) is 4.66. The third-order valence-corrected chi connectivity index (χ3v) is 4.28. The van der Waals surface area contributed by atoms with Crippen LogP contribution in [0.4, 0.5) is 0 Å². The van der Waals surface area contributed by atoms with Gasteiger partial charge in [0.15, 0.2) is 24.8 Å². The van der Waals surface area contributed by atoms with Gasteiger partial charge in [0.1, 0.15) is 0 Å². The third kappa shape index (κ3) is 3.76. The molecule has 0 bridgehead atoms. The molecular formula is C24H20N2+2. The number of benzene rings is 2. The number of hydrogen-bond donors (Lipinski definition) is 0. The lowest BCUT2D eigenvalue weighted by Gasteiger charge is -1.98. The molecule has 0 saturated carbocycles. The van der Waals surface area contributed by atoms with Crippen molar-refractivity contribution in [3.63, 3.8) is 0 Å². The maximum Gasteiger partial charge on any atom is 0.210 e. The Morgan fingerprint density at radius 2 is 0.769 bits per heavy atom. The van der Waals surface area contributed by atoms with Crippen LogP contribution in [0, 0.1) is 0 Å². The molecule has 0 aliphatic carbocycles. The quantitative estimate of drug-likeness (QED) is 0.385. The maximum atomic E-state index is 2.14. The lowest BCUT2D eigenvalue weighted by atomic mass is 10.1. The summed E-state index contributed by atoms with van der Waals surface area (Å²) in [6, 6.07) is 29.3. The zero-order valence-corrected chi connectivity index (χ0v) is 14.4. The predicted octanol–water partition coefficient (Wildman–Crippen LogP) is 4.41. The second-order valence-corrected chi connectivity index (χ2v) is 6.08. The molecule has 0 fully saturated rings. The highest BCUT2D eigenvalue weighted by Crippen LogP contribution is 2.11. The summed E-state index contributed by atoms with van der Waals surface area (Å²) in [6.07, 6.45) is 12.5. The fraction of sp³-hybridized carbons (Fsp3) is 0. The Morgan fingerprint density at radius 1 is 0.423 bits per heavy atom. The summed E-state index contributed by atoms with van der Waals surface area (Å²) in [6.45, 7) is 0. The van der Waals surface area contributed by atoms with E-state index in [-0.39, 0.29) is 0 Å². The predicted molar refractivity (Wildman–Crippen MR) is 105 cm³/mol. The second kappa shape index (κ2) is 7.58. The van der Waals surface area contributed by atoms with Gasteiger partial charge in [0.2, 0.25) is 11.4 Å². The zero-order chi connectivity index (χ0) is 17.6. The summed E-state index contributed by atoms with van der Waals surface area (Å²) in [7, 11) is 0. The van der Waals surface area contributed by atoms with Crippen LogP contribution in [0.2, 0.25) is 0 Å². The molecule has 0 unspecified atom stereocenters. The Hall–Kier alpha value is -3.52. The van der Waals surface area contributed by atoms with Crippen LogP contribution >= 0.6 is 0 Å². The van der Waals surface area contributed by atoms with Crippen molar-refractivity contribution in [3.05, 3.63) is 121 Å². The van der Waals surface area contributed by atoms with Gasteiger partial charge in [-0.1, -0.05) is 24.3 Å². The van der Waals surface area contributed by atoms with E-state index in [4.69, 9.17) is 0 Å². The maximum absolute atomic E-state index is 2.14. The minimum absolute atomic E-state index is 1.16. The molecule has 0 aliphatic heterocycles. The SMILES string of the molecule is C(=C/c1ccc(-[n+]2ccccc2)cc1)/c1ccc(-[n+]2ccccc2)cc1. The molecule has 0 amide bonds. The largest absolute Gasteiger partial charge is 0.210 e. The van der Waals surface area contributed by atoms with Crippen LogP contribution in [0.1, 0.15) is 11.1 Å². The molecule has 0 atom stereocenters. The van der Waals surface area contributed by atoms with E-state index in [1.165, 1.54) is 11.1 Å². The van der Waals surface area contributed by atoms with Crippen LogP contribution in [0.5, 0.6) is 0 Å². The molecule has 0 N–H and O–H groups in total. The average molecular weight is 336 g/mol. The van der Waals surface area contributed by atoms with Crippen molar-refractivity contribution >= 4 is 12.2 Å². The summed E-state index contributed by atoms with van der Waals surface area (Å²) in [5.41, 5.74) is 4.69. The second-order valence-electron chi connectivity index (χ2n) is 6.08. The third-order valence-electron chi connectivity index (χ3n) is 4.28. The van der Waals surface area contributed by atoms with Gasteiger partial charge in [-0.05, 0) is 35.4 Å². The molecule has 2 nitrogen and oxygen atoms in total. The van der Waals surface area contributed by atoms with Crippen molar-refractivity contribution in [3.8, 4) is 11.4 Å². The van der Waals surface area contributed by atoms with Gasteiger partial charge < -0.3 is 0 Å². The molecule has 2 heteroatoms. The van der Waals surface area contributed by atoms with E-state index >= 15 is 0 Å². The zero-order valence-electron chi connectivity index (χ0n) is 14.4. The van der Waals surface area contributed by atoms with E-state index in [1.807, 2.05) is 36.4 Å². The van der Waals surface area contributed by atoms with Crippen molar-refractivity contribution in [2.45, 2.75) is 0 Å². The molecule has 0 aliphatic rings. The number of nitrogens with zero attached hydrogens (tertiary/aromatic N) is 2. The monoisotopic (exact) mass is 336 g/mol. The number of rotatable bonds is 4. The minimum Gasteiger partial charge on any atom is -0.167 e. The van der Waals surface area contributed by atoms with Gasteiger partial charge in [0.25, 0.3) is 0 Å². The van der Waals surface area contributed by atoms with Crippen LogP contribution < -0.4 is 9.13 Å². The highest BCUT2D eigenvalue weighted by molar-refractivity contribution is 5.70. The van der Waals surface area contributed by atoms with Gasteiger partial charge in [0, 0.05) is 48.5 Å². The van der Waals surface area contributed by atoms with E-state index in [0.29, 0.717) is 0 Å². The van der Waals surface area contributed by atoms with Crippen LogP contribution in [-0.2, 0) is 0 Å². The van der Waals surface area contributed by atoms with Crippen LogP contribution in [0.15, 0.2) is 110 Å². The van der Waals surface area contributed by atoms with Gasteiger partial charge >= 0.3 is 0 Å². The van der Waals surface area contributed by atoms with E-state index in [2.05, 4.69) is 94.6 Å². The van der Waals surface area contributed by atoms with Crippen LogP contribution in [0.3, 0.4) is 0 Å². The fourth-order valence-corrected chi connectivity index (χ4v) is 2.85. The first-order valence-corrected chi connectivity index (χ1v) is 8.70. The van der Waals surface area contributed by atoms with Gasteiger partial charge in [-0.15, -0.1) is 0 Å². The summed E-state index contributed by atoms with van der Waals surface area (Å²) >= 11 is 0. The first-order valence-electron chi connectivity index (χ1n) is 8.70. The molecule has 2 heterocycles. The van der Waals surface area contributed by atoms with Gasteiger partial charge in [-0.25, -0.2) is 0 Å². The summed E-state index contributed by atoms with van der Waals surface area (Å²) < 4.78 is 4.21. The molecule has 2 aromatic heterocycles. The van der Waals surface area contributed by atoms with Crippen molar-refractivity contribution in [2.24, 2.45) is 0 Å². The van der Waals surface area contributed by atoms with E-state index in [0.717, 1.165) is 11.4 Å². The van der Waals surface area contributed by atoms with Gasteiger partial charge in [-0.2, -0.15) is 9.13 Å². The van der Waals surface area contributed by atoms with E-state index < -0.39 is 0 Å². The van der Waals surface area contributed by atoms with Gasteiger partial charge in [-0.3, -0.25) is 0 Å². The molecule has 0 saturated heterocycles. The normalized spacial score (nSPS) is 10.9. The Bertz CT molecular complexity index is 903. The van der Waals surface area contributed by atoms with E-state index in [9.17, 15) is 0 Å². The van der Waals surface area contributed by atoms with Crippen LogP contribution in [-0.4, -0.2) is 0 Å². The van der Waals surface area contributed by atoms with Gasteiger partial charge in [0.05, 0.1) is 0 Å². The Labute approximate surface area is 154 Å². The number of aromatic nitrogens is 2. The number of hydrogen-bond acceptors (Lipinski definition) is 0. The summed E-state index contributed by atoms with van der Waals surface area (Å²) in [5, 5.41) is 0. The highest BCUT2D eigenvalue weighted by Gasteiger charge is 2.04. The van der Waals surface area contributed by atoms with Crippen molar-refractivity contribution in [2.75, 3.05) is 0 Å². The summed E-state index contributed by atoms with van der Waals surface area (Å²) in [5.74, 6) is 0. The smallest absolute Gasteiger partial charge is 0.167 e. The first-order chi connectivity index (χ1) is 12.9. The summed E-state index contributed by atoms with van der Waals surface area (Å²) in [4.78, 5) is 0. The topological polar surface area (TPSA) is 7.76 Å². The standard InChI is InChI=1S/C24H20N2/c1-3-17-25(18-4-1)23-13-9-21(10-14-23)7-8-22-11-15-24(16-12-22)26-19-5-2-6-20-26/h1-20H/q+2/b8-7-. The molecule has 4 rings (SSSR count). The molecule has 0 spiro atoms.